The number of carbonyl (C=O) groups excluding carboxylic acids is 2. The molecule has 0 bridgehead atoms. The summed E-state index contributed by atoms with van der Waals surface area (Å²) in [5.41, 5.74) is 2.22. The van der Waals surface area contributed by atoms with Crippen LogP contribution in [0, 0.1) is 30.1 Å². The summed E-state index contributed by atoms with van der Waals surface area (Å²) in [4.78, 5) is 33.3. The molecule has 2 aliphatic heterocycles. The van der Waals surface area contributed by atoms with Crippen LogP contribution in [0.25, 0.3) is 10.9 Å². The number of hydrogen-bond donors (Lipinski definition) is 2. The molecule has 44 heavy (non-hydrogen) atoms. The second-order valence-corrected chi connectivity index (χ2v) is 13.8. The minimum absolute atomic E-state index is 0.0237. The first kappa shape index (κ1) is 31.5. The summed E-state index contributed by atoms with van der Waals surface area (Å²) < 4.78 is 40.0. The number of aromatic nitrogens is 1. The molecule has 3 aromatic rings. The van der Waals surface area contributed by atoms with Crippen molar-refractivity contribution in [2.24, 2.45) is 11.8 Å². The smallest absolute Gasteiger partial charge is 0.410 e. The van der Waals surface area contributed by atoms with Gasteiger partial charge in [0, 0.05) is 42.3 Å². The van der Waals surface area contributed by atoms with Crippen molar-refractivity contribution in [3.63, 3.8) is 0 Å². The van der Waals surface area contributed by atoms with Crippen LogP contribution < -0.4 is 5.32 Å². The Morgan fingerprint density at radius 1 is 1.11 bits per heavy atom. The Morgan fingerprint density at radius 2 is 1.82 bits per heavy atom. The molecule has 2 saturated heterocycles. The maximum absolute atomic E-state index is 14.5. The molecule has 0 saturated carbocycles. The van der Waals surface area contributed by atoms with Gasteiger partial charge >= 0.3 is 6.09 Å². The van der Waals surface area contributed by atoms with Gasteiger partial charge < -0.3 is 24.7 Å². The number of hydrogen-bond acceptors (Lipinski definition) is 8. The number of ether oxygens (including phenoxy) is 2. The van der Waals surface area contributed by atoms with E-state index in [9.17, 15) is 23.3 Å². The molecule has 0 aliphatic carbocycles. The quantitative estimate of drug-likeness (QED) is 0.363. The lowest BCUT2D eigenvalue weighted by Crippen LogP contribution is -2.54. The summed E-state index contributed by atoms with van der Waals surface area (Å²) in [6.07, 6.45) is -0.361. The van der Waals surface area contributed by atoms with Crippen LogP contribution in [0.4, 0.5) is 4.79 Å². The molecule has 3 heterocycles. The molecule has 4 atom stereocenters. The molecule has 2 N–H and O–H groups in total. The summed E-state index contributed by atoms with van der Waals surface area (Å²) in [5, 5.41) is 12.6. The number of nitriles is 1. The first-order valence-corrected chi connectivity index (χ1v) is 16.5. The monoisotopic (exact) mass is 621 g/mol. The third-order valence-electron chi connectivity index (χ3n) is 8.21. The molecule has 2 aromatic carbocycles. The van der Waals surface area contributed by atoms with E-state index < -0.39 is 45.4 Å². The highest BCUT2D eigenvalue weighted by molar-refractivity contribution is 7.91. The second kappa shape index (κ2) is 13.4. The van der Waals surface area contributed by atoms with E-state index in [1.54, 1.807) is 35.4 Å². The molecule has 1 aromatic heterocycles. The number of aryl methyl sites for hydroxylation is 1. The summed E-state index contributed by atoms with van der Waals surface area (Å²) in [5.74, 6) is -1.23. The third-order valence-corrected chi connectivity index (χ3v) is 10.3. The van der Waals surface area contributed by atoms with Crippen LogP contribution in [-0.2, 0) is 24.1 Å². The Bertz CT molecular complexity index is 1620. The van der Waals surface area contributed by atoms with Crippen LogP contribution >= 0.6 is 0 Å². The molecule has 0 radical (unpaired) electrons. The summed E-state index contributed by atoms with van der Waals surface area (Å²) in [6.45, 7) is 7.49. The number of nitrogens with one attached hydrogen (secondary N) is 2. The molecule has 0 spiro atoms. The maximum atomic E-state index is 14.5. The number of likely N-dealkylation sites (tertiary alicyclic amines) is 1. The van der Waals surface area contributed by atoms with Gasteiger partial charge in [0.05, 0.1) is 36.3 Å². The molecule has 4 unspecified atom stereocenters. The van der Waals surface area contributed by atoms with E-state index in [-0.39, 0.29) is 23.8 Å². The second-order valence-electron chi connectivity index (χ2n) is 11.8. The van der Waals surface area contributed by atoms with Crippen molar-refractivity contribution in [2.45, 2.75) is 56.2 Å². The number of rotatable bonds is 9. The Hall–Kier alpha value is -3.92. The third kappa shape index (κ3) is 6.60. The Labute approximate surface area is 258 Å². The highest BCUT2D eigenvalue weighted by Crippen LogP contribution is 2.41. The van der Waals surface area contributed by atoms with Gasteiger partial charge in [-0.05, 0) is 43.9 Å². The SMILES string of the molecule is Cc1ccc(S(=O)(=O)C(c2c[nH]c3ccccc23)N2CCC(C#N)C2NC(=O)C(CC(C)C)OC(=O)N2CCOCC2)cc1. The fraction of sp³-hybridized carbons (Fsp3) is 0.469. The number of carbonyl (C=O) groups is 2. The minimum atomic E-state index is -4.05. The molecule has 234 valence electrons. The normalized spacial score (nSPS) is 20.8. The van der Waals surface area contributed by atoms with E-state index in [0.29, 0.717) is 38.3 Å². The molecular formula is C32H39N5O6S. The van der Waals surface area contributed by atoms with E-state index in [2.05, 4.69) is 16.4 Å². The number of benzene rings is 2. The lowest BCUT2D eigenvalue weighted by atomic mass is 10.0. The highest BCUT2D eigenvalue weighted by atomic mass is 32.2. The Balaban J connectivity index is 1.50. The van der Waals surface area contributed by atoms with Gasteiger partial charge in [-0.1, -0.05) is 49.7 Å². The molecule has 2 fully saturated rings. The first-order valence-electron chi connectivity index (χ1n) is 15.0. The zero-order chi connectivity index (χ0) is 31.4. The van der Waals surface area contributed by atoms with Crippen molar-refractivity contribution in [1.82, 2.24) is 20.1 Å². The van der Waals surface area contributed by atoms with Crippen molar-refractivity contribution >= 4 is 32.7 Å². The Kier molecular flexibility index (Phi) is 9.58. The van der Waals surface area contributed by atoms with Gasteiger partial charge in [-0.25, -0.2) is 13.2 Å². The lowest BCUT2D eigenvalue weighted by Gasteiger charge is -2.35. The van der Waals surface area contributed by atoms with Crippen LogP contribution in [-0.4, -0.2) is 80.3 Å². The summed E-state index contributed by atoms with van der Waals surface area (Å²) in [6, 6.07) is 16.4. The first-order chi connectivity index (χ1) is 21.1. The van der Waals surface area contributed by atoms with Crippen LogP contribution in [0.15, 0.2) is 59.6 Å². The van der Waals surface area contributed by atoms with E-state index in [0.717, 1.165) is 16.5 Å². The number of aromatic amines is 1. The van der Waals surface area contributed by atoms with Crippen molar-refractivity contribution in [3.05, 3.63) is 65.9 Å². The van der Waals surface area contributed by atoms with Crippen LogP contribution in [0.3, 0.4) is 0 Å². The van der Waals surface area contributed by atoms with Crippen LogP contribution in [0.1, 0.15) is 43.2 Å². The zero-order valence-electron chi connectivity index (χ0n) is 25.2. The number of fused-ring (bicyclic) bond motifs is 1. The van der Waals surface area contributed by atoms with E-state index in [1.165, 1.54) is 4.90 Å². The average Bonchev–Trinajstić information content (AvgIpc) is 3.61. The zero-order valence-corrected chi connectivity index (χ0v) is 26.0. The van der Waals surface area contributed by atoms with Crippen LogP contribution in [0.2, 0.25) is 0 Å². The van der Waals surface area contributed by atoms with Crippen molar-refractivity contribution < 1.29 is 27.5 Å². The average molecular weight is 622 g/mol. The molecule has 12 heteroatoms. The van der Waals surface area contributed by atoms with Gasteiger partial charge in [-0.2, -0.15) is 5.26 Å². The summed E-state index contributed by atoms with van der Waals surface area (Å²) >= 11 is 0. The van der Waals surface area contributed by atoms with E-state index >= 15 is 0 Å². The highest BCUT2D eigenvalue weighted by Gasteiger charge is 2.46. The number of sulfone groups is 1. The number of amides is 2. The van der Waals surface area contributed by atoms with Crippen molar-refractivity contribution in [1.29, 1.82) is 5.26 Å². The molecular weight excluding hydrogens is 582 g/mol. The van der Waals surface area contributed by atoms with Gasteiger partial charge in [-0.3, -0.25) is 9.69 Å². The van der Waals surface area contributed by atoms with Crippen LogP contribution in [0.5, 0.6) is 0 Å². The van der Waals surface area contributed by atoms with E-state index in [4.69, 9.17) is 9.47 Å². The van der Waals surface area contributed by atoms with Gasteiger partial charge in [0.1, 0.15) is 5.37 Å². The maximum Gasteiger partial charge on any atom is 0.410 e. The predicted octanol–water partition coefficient (Wildman–Crippen LogP) is 4.12. The largest absolute Gasteiger partial charge is 0.436 e. The minimum Gasteiger partial charge on any atom is -0.436 e. The fourth-order valence-electron chi connectivity index (χ4n) is 5.89. The van der Waals surface area contributed by atoms with Gasteiger partial charge in [0.2, 0.25) is 0 Å². The molecule has 2 aliphatic rings. The van der Waals surface area contributed by atoms with Gasteiger partial charge in [0.25, 0.3) is 5.91 Å². The lowest BCUT2D eigenvalue weighted by molar-refractivity contribution is -0.133. The van der Waals surface area contributed by atoms with E-state index in [1.807, 2.05) is 45.0 Å². The standard InChI is InChI=1S/C32H39N5O6S/c1-21(2)18-28(43-32(39)36-14-16-42-17-15-36)30(38)35-29-23(19-33)12-13-37(29)31(26-20-34-27-7-5-4-6-25(26)27)44(40,41)24-10-8-22(3)9-11-24/h4-11,20-21,23,28-29,31,34H,12-18H2,1-3H3,(H,35,38). The predicted molar refractivity (Wildman–Crippen MR) is 164 cm³/mol. The van der Waals surface area contributed by atoms with Gasteiger partial charge in [0.15, 0.2) is 15.9 Å². The van der Waals surface area contributed by atoms with Gasteiger partial charge in [-0.15, -0.1) is 0 Å². The Morgan fingerprint density at radius 3 is 2.50 bits per heavy atom. The molecule has 5 rings (SSSR count). The van der Waals surface area contributed by atoms with Crippen molar-refractivity contribution in [3.8, 4) is 6.07 Å². The summed E-state index contributed by atoms with van der Waals surface area (Å²) in [7, 11) is -4.05. The number of morpholine rings is 1. The van der Waals surface area contributed by atoms with Crippen molar-refractivity contribution in [2.75, 3.05) is 32.8 Å². The topological polar surface area (TPSA) is 145 Å². The number of nitrogens with zero attached hydrogens (tertiary/aromatic N) is 3. The fourth-order valence-corrected chi connectivity index (χ4v) is 7.79. The number of H-pyrrole nitrogens is 1. The molecule has 2 amide bonds. The number of para-hydroxylation sites is 1. The molecule has 11 nitrogen and oxygen atoms in total.